The average Bonchev–Trinajstić information content (AvgIpc) is 2.41. The lowest BCUT2D eigenvalue weighted by Crippen LogP contribution is -2.39. The lowest BCUT2D eigenvalue weighted by molar-refractivity contribution is -0.136. The molecule has 114 valence electrons. The average molecular weight is 290 g/mol. The summed E-state index contributed by atoms with van der Waals surface area (Å²) in [4.78, 5) is 22.6. The molecule has 0 spiro atoms. The Bertz CT molecular complexity index is 508. The minimum Gasteiger partial charge on any atom is -0.481 e. The summed E-state index contributed by atoms with van der Waals surface area (Å²) < 4.78 is 0. The van der Waals surface area contributed by atoms with E-state index in [2.05, 4.69) is 17.6 Å². The lowest BCUT2D eigenvalue weighted by Gasteiger charge is -2.26. The molecule has 0 aliphatic heterocycles. The highest BCUT2D eigenvalue weighted by Gasteiger charge is 2.19. The maximum atomic E-state index is 12.0. The van der Waals surface area contributed by atoms with Crippen molar-refractivity contribution in [1.82, 2.24) is 5.32 Å². The predicted molar refractivity (Wildman–Crippen MR) is 81.4 cm³/mol. The minimum atomic E-state index is -0.882. The van der Waals surface area contributed by atoms with Gasteiger partial charge in [-0.15, -0.1) is 0 Å². The summed E-state index contributed by atoms with van der Waals surface area (Å²) in [6.45, 7) is 2.24. The van der Waals surface area contributed by atoms with Crippen LogP contribution in [-0.4, -0.2) is 23.1 Å². The molecule has 1 aromatic rings. The number of carboxylic acids is 1. The van der Waals surface area contributed by atoms with E-state index >= 15 is 0 Å². The largest absolute Gasteiger partial charge is 0.481 e. The molecule has 21 heavy (non-hydrogen) atoms. The molecular weight excluding hydrogens is 268 g/mol. The molecule has 0 atom stereocenters. The van der Waals surface area contributed by atoms with Gasteiger partial charge in [0.25, 0.3) is 0 Å². The number of carboxylic acid groups (broad SMARTS) is 1. The summed E-state index contributed by atoms with van der Waals surface area (Å²) in [6, 6.07) is 6.95. The molecule has 1 aliphatic rings. The normalized spacial score (nSPS) is 21.6. The van der Waals surface area contributed by atoms with Gasteiger partial charge in [0.05, 0.1) is 6.42 Å². The van der Waals surface area contributed by atoms with Crippen molar-refractivity contribution in [3.63, 3.8) is 0 Å². The number of nitrogens with one attached hydrogen (secondary N) is 2. The first-order chi connectivity index (χ1) is 10.0. The molecule has 1 fully saturated rings. The molecular formula is C16H22N2O3. The van der Waals surface area contributed by atoms with Crippen LogP contribution in [0.3, 0.4) is 0 Å². The van der Waals surface area contributed by atoms with Gasteiger partial charge < -0.3 is 15.7 Å². The maximum absolute atomic E-state index is 12.0. The third-order valence-electron chi connectivity index (χ3n) is 3.89. The number of amides is 2. The van der Waals surface area contributed by atoms with Crippen LogP contribution >= 0.6 is 0 Å². The van der Waals surface area contributed by atoms with E-state index < -0.39 is 5.97 Å². The number of hydrogen-bond acceptors (Lipinski definition) is 2. The highest BCUT2D eigenvalue weighted by atomic mass is 16.4. The molecule has 0 aromatic heterocycles. The summed E-state index contributed by atoms with van der Waals surface area (Å²) in [6.07, 6.45) is 4.30. The molecule has 0 bridgehead atoms. The van der Waals surface area contributed by atoms with E-state index in [-0.39, 0.29) is 18.5 Å². The van der Waals surface area contributed by atoms with Crippen LogP contribution in [0, 0.1) is 5.92 Å². The van der Waals surface area contributed by atoms with Crippen LogP contribution < -0.4 is 10.6 Å². The molecule has 5 nitrogen and oxygen atoms in total. The summed E-state index contributed by atoms with van der Waals surface area (Å²) in [7, 11) is 0. The Kier molecular flexibility index (Phi) is 5.20. The molecule has 0 saturated heterocycles. The molecule has 0 radical (unpaired) electrons. The van der Waals surface area contributed by atoms with Crippen molar-refractivity contribution in [2.24, 2.45) is 5.92 Å². The summed E-state index contributed by atoms with van der Waals surface area (Å²) in [5, 5.41) is 14.5. The number of benzene rings is 1. The molecule has 2 rings (SSSR count). The van der Waals surface area contributed by atoms with Crippen LogP contribution in [0.15, 0.2) is 24.3 Å². The SMILES string of the molecule is CC1CCC(NC(=O)Nc2cccc(CC(=O)O)c2)CC1. The standard InChI is InChI=1S/C16H22N2O3/c1-11-5-7-13(8-6-11)17-16(21)18-14-4-2-3-12(9-14)10-15(19)20/h2-4,9,11,13H,5-8,10H2,1H3,(H,19,20)(H2,17,18,21). The first kappa shape index (κ1) is 15.4. The fraction of sp³-hybridized carbons (Fsp3) is 0.500. The third kappa shape index (κ3) is 5.10. The number of carbonyl (C=O) groups is 2. The fourth-order valence-corrected chi connectivity index (χ4v) is 2.69. The van der Waals surface area contributed by atoms with Crippen LogP contribution in [0.25, 0.3) is 0 Å². The Hall–Kier alpha value is -2.04. The van der Waals surface area contributed by atoms with Gasteiger partial charge in [-0.3, -0.25) is 4.79 Å². The Labute approximate surface area is 124 Å². The molecule has 1 saturated carbocycles. The summed E-state index contributed by atoms with van der Waals surface area (Å²) >= 11 is 0. The number of hydrogen-bond donors (Lipinski definition) is 3. The van der Waals surface area contributed by atoms with Crippen LogP contribution in [0.1, 0.15) is 38.2 Å². The Morgan fingerprint density at radius 3 is 2.62 bits per heavy atom. The fourth-order valence-electron chi connectivity index (χ4n) is 2.69. The molecule has 5 heteroatoms. The van der Waals surface area contributed by atoms with Crippen molar-refractivity contribution in [2.45, 2.75) is 45.1 Å². The zero-order valence-electron chi connectivity index (χ0n) is 12.3. The maximum Gasteiger partial charge on any atom is 0.319 e. The second-order valence-corrected chi connectivity index (χ2v) is 5.83. The highest BCUT2D eigenvalue weighted by molar-refractivity contribution is 5.89. The molecule has 1 aromatic carbocycles. The zero-order valence-corrected chi connectivity index (χ0v) is 12.3. The molecule has 2 amide bonds. The number of carbonyl (C=O) groups excluding carboxylic acids is 1. The molecule has 0 heterocycles. The van der Waals surface area contributed by atoms with E-state index in [4.69, 9.17) is 5.11 Å². The van der Waals surface area contributed by atoms with Crippen molar-refractivity contribution >= 4 is 17.7 Å². The second-order valence-electron chi connectivity index (χ2n) is 5.83. The molecule has 3 N–H and O–H groups in total. The van der Waals surface area contributed by atoms with E-state index in [1.54, 1.807) is 24.3 Å². The van der Waals surface area contributed by atoms with E-state index in [0.717, 1.165) is 31.6 Å². The predicted octanol–water partition coefficient (Wildman–Crippen LogP) is 3.01. The monoisotopic (exact) mass is 290 g/mol. The van der Waals surface area contributed by atoms with E-state index in [9.17, 15) is 9.59 Å². The van der Waals surface area contributed by atoms with Crippen LogP contribution in [0.2, 0.25) is 0 Å². The van der Waals surface area contributed by atoms with Gasteiger partial charge in [-0.25, -0.2) is 4.79 Å². The quantitative estimate of drug-likeness (QED) is 0.797. The van der Waals surface area contributed by atoms with Crippen molar-refractivity contribution in [3.05, 3.63) is 29.8 Å². The molecule has 1 aliphatic carbocycles. The Balaban J connectivity index is 1.86. The Morgan fingerprint density at radius 1 is 1.24 bits per heavy atom. The first-order valence-corrected chi connectivity index (χ1v) is 7.41. The lowest BCUT2D eigenvalue weighted by atomic mass is 9.87. The number of rotatable bonds is 4. The summed E-state index contributed by atoms with van der Waals surface area (Å²) in [5.41, 5.74) is 1.29. The number of anilines is 1. The van der Waals surface area contributed by atoms with Crippen LogP contribution in [0.5, 0.6) is 0 Å². The van der Waals surface area contributed by atoms with E-state index in [1.165, 1.54) is 0 Å². The van der Waals surface area contributed by atoms with Gasteiger partial charge in [0, 0.05) is 11.7 Å². The Morgan fingerprint density at radius 2 is 1.95 bits per heavy atom. The second kappa shape index (κ2) is 7.11. The zero-order chi connectivity index (χ0) is 15.2. The van der Waals surface area contributed by atoms with Crippen LogP contribution in [-0.2, 0) is 11.2 Å². The third-order valence-corrected chi connectivity index (χ3v) is 3.89. The van der Waals surface area contributed by atoms with Gasteiger partial charge in [-0.2, -0.15) is 0 Å². The van der Waals surface area contributed by atoms with Gasteiger partial charge in [-0.1, -0.05) is 19.1 Å². The topological polar surface area (TPSA) is 78.4 Å². The van der Waals surface area contributed by atoms with Gasteiger partial charge in [0.1, 0.15) is 0 Å². The van der Waals surface area contributed by atoms with Gasteiger partial charge in [0.2, 0.25) is 0 Å². The first-order valence-electron chi connectivity index (χ1n) is 7.41. The van der Waals surface area contributed by atoms with Crippen molar-refractivity contribution < 1.29 is 14.7 Å². The van der Waals surface area contributed by atoms with E-state index in [1.807, 2.05) is 0 Å². The van der Waals surface area contributed by atoms with Crippen molar-refractivity contribution in [2.75, 3.05) is 5.32 Å². The summed E-state index contributed by atoms with van der Waals surface area (Å²) in [5.74, 6) is -0.133. The van der Waals surface area contributed by atoms with E-state index in [0.29, 0.717) is 11.3 Å². The van der Waals surface area contributed by atoms with Crippen molar-refractivity contribution in [1.29, 1.82) is 0 Å². The van der Waals surface area contributed by atoms with Crippen molar-refractivity contribution in [3.8, 4) is 0 Å². The number of urea groups is 1. The van der Waals surface area contributed by atoms with Gasteiger partial charge in [-0.05, 0) is 49.3 Å². The smallest absolute Gasteiger partial charge is 0.319 e. The van der Waals surface area contributed by atoms with Crippen LogP contribution in [0.4, 0.5) is 10.5 Å². The van der Waals surface area contributed by atoms with Gasteiger partial charge >= 0.3 is 12.0 Å². The number of aliphatic carboxylic acids is 1. The molecule has 0 unspecified atom stereocenters. The minimum absolute atomic E-state index is 0.0440. The highest BCUT2D eigenvalue weighted by Crippen LogP contribution is 2.23. The van der Waals surface area contributed by atoms with Gasteiger partial charge in [0.15, 0.2) is 0 Å².